The number of ether oxygens (including phenoxy) is 1. The first-order chi connectivity index (χ1) is 7.86. The molecule has 1 heterocycles. The predicted molar refractivity (Wildman–Crippen MR) is 70.7 cm³/mol. The van der Waals surface area contributed by atoms with Gasteiger partial charge in [0, 0.05) is 9.35 Å². The third-order valence-electron chi connectivity index (χ3n) is 2.32. The number of esters is 1. The van der Waals surface area contributed by atoms with Gasteiger partial charge in [0.05, 0.1) is 24.5 Å². The summed E-state index contributed by atoms with van der Waals surface area (Å²) in [5.74, 6) is -0.560. The molecule has 0 aromatic carbocycles. The summed E-state index contributed by atoms with van der Waals surface area (Å²) in [6.07, 6.45) is -0.109. The van der Waals surface area contributed by atoms with Crippen LogP contribution in [0.3, 0.4) is 0 Å². The molecule has 0 radical (unpaired) electrons. The zero-order valence-corrected chi connectivity index (χ0v) is 12.7. The van der Waals surface area contributed by atoms with Gasteiger partial charge < -0.3 is 4.74 Å². The summed E-state index contributed by atoms with van der Waals surface area (Å²) in [5, 5.41) is 1.09. The number of carbonyl (C=O) groups excluding carboxylic acids is 1. The van der Waals surface area contributed by atoms with Gasteiger partial charge in [0.2, 0.25) is 0 Å². The molecule has 0 bridgehead atoms. The number of hydrogen-bond donors (Lipinski definition) is 0. The third kappa shape index (κ3) is 4.08. The van der Waals surface area contributed by atoms with Gasteiger partial charge in [-0.3, -0.25) is 4.79 Å². The maximum atomic E-state index is 12.0. The standard InChI is InChI=1S/C10H13BrO4S2/c1-7(5-10(12)15-2)17(13,14)6-9-8(11)3-4-16-9/h3-4,7H,5-6H2,1-2H3. The summed E-state index contributed by atoms with van der Waals surface area (Å²) in [6.45, 7) is 1.52. The molecule has 0 spiro atoms. The second kappa shape index (κ2) is 5.97. The van der Waals surface area contributed by atoms with Crippen molar-refractivity contribution >= 4 is 43.1 Å². The van der Waals surface area contributed by atoms with Crippen LogP contribution in [0, 0.1) is 0 Å². The summed E-state index contributed by atoms with van der Waals surface area (Å²) in [4.78, 5) is 11.8. The van der Waals surface area contributed by atoms with Crippen molar-refractivity contribution in [1.82, 2.24) is 0 Å². The molecule has 0 N–H and O–H groups in total. The monoisotopic (exact) mass is 340 g/mol. The Morgan fingerprint density at radius 1 is 1.59 bits per heavy atom. The van der Waals surface area contributed by atoms with Crippen LogP contribution in [-0.4, -0.2) is 26.7 Å². The van der Waals surface area contributed by atoms with Gasteiger partial charge in [0.25, 0.3) is 0 Å². The first kappa shape index (κ1) is 14.7. The van der Waals surface area contributed by atoms with Crippen LogP contribution in [0.2, 0.25) is 0 Å². The van der Waals surface area contributed by atoms with Gasteiger partial charge >= 0.3 is 5.97 Å². The quantitative estimate of drug-likeness (QED) is 0.772. The van der Waals surface area contributed by atoms with E-state index < -0.39 is 21.1 Å². The average molecular weight is 341 g/mol. The van der Waals surface area contributed by atoms with E-state index in [0.29, 0.717) is 0 Å². The van der Waals surface area contributed by atoms with Crippen LogP contribution in [0.5, 0.6) is 0 Å². The van der Waals surface area contributed by atoms with E-state index in [-0.39, 0.29) is 12.2 Å². The predicted octanol–water partition coefficient (Wildman–Crippen LogP) is 2.38. The highest BCUT2D eigenvalue weighted by molar-refractivity contribution is 9.10. The molecule has 0 aliphatic carbocycles. The Labute approximate surface area is 113 Å². The van der Waals surface area contributed by atoms with Crippen molar-refractivity contribution in [3.8, 4) is 0 Å². The minimum Gasteiger partial charge on any atom is -0.469 e. The van der Waals surface area contributed by atoms with E-state index in [4.69, 9.17) is 0 Å². The molecule has 7 heteroatoms. The number of sulfone groups is 1. The lowest BCUT2D eigenvalue weighted by molar-refractivity contribution is -0.140. The lowest BCUT2D eigenvalue weighted by atomic mass is 10.3. The minimum absolute atomic E-state index is 0.0522. The lowest BCUT2D eigenvalue weighted by Crippen LogP contribution is -2.23. The number of hydrogen-bond acceptors (Lipinski definition) is 5. The van der Waals surface area contributed by atoms with Gasteiger partial charge in [0.1, 0.15) is 0 Å². The summed E-state index contributed by atoms with van der Waals surface area (Å²) < 4.78 is 29.2. The topological polar surface area (TPSA) is 60.4 Å². The highest BCUT2D eigenvalue weighted by Gasteiger charge is 2.25. The fourth-order valence-corrected chi connectivity index (χ4v) is 4.62. The molecule has 0 aliphatic rings. The van der Waals surface area contributed by atoms with Crippen molar-refractivity contribution in [2.24, 2.45) is 0 Å². The Bertz CT molecular complexity index is 492. The molecule has 17 heavy (non-hydrogen) atoms. The SMILES string of the molecule is COC(=O)CC(C)S(=O)(=O)Cc1sccc1Br. The van der Waals surface area contributed by atoms with Crippen LogP contribution in [-0.2, 0) is 25.1 Å². The van der Waals surface area contributed by atoms with Gasteiger partial charge in [-0.15, -0.1) is 11.3 Å². The van der Waals surface area contributed by atoms with Crippen molar-refractivity contribution in [2.45, 2.75) is 24.3 Å². The van der Waals surface area contributed by atoms with E-state index in [1.54, 1.807) is 6.07 Å². The highest BCUT2D eigenvalue weighted by Crippen LogP contribution is 2.26. The van der Waals surface area contributed by atoms with E-state index in [1.807, 2.05) is 5.38 Å². The van der Waals surface area contributed by atoms with Crippen molar-refractivity contribution in [2.75, 3.05) is 7.11 Å². The Kier molecular flexibility index (Phi) is 5.15. The Morgan fingerprint density at radius 3 is 2.71 bits per heavy atom. The van der Waals surface area contributed by atoms with Gasteiger partial charge in [-0.1, -0.05) is 0 Å². The molecule has 4 nitrogen and oxygen atoms in total. The van der Waals surface area contributed by atoms with Crippen molar-refractivity contribution in [3.05, 3.63) is 20.8 Å². The number of halogens is 1. The van der Waals surface area contributed by atoms with Crippen LogP contribution in [0.25, 0.3) is 0 Å². The highest BCUT2D eigenvalue weighted by atomic mass is 79.9. The zero-order chi connectivity index (χ0) is 13.1. The molecule has 96 valence electrons. The number of methoxy groups -OCH3 is 1. The summed E-state index contributed by atoms with van der Waals surface area (Å²) >= 11 is 4.66. The molecule has 0 saturated carbocycles. The van der Waals surface area contributed by atoms with Crippen LogP contribution in [0.1, 0.15) is 18.2 Å². The fourth-order valence-electron chi connectivity index (χ4n) is 1.20. The number of rotatable bonds is 5. The van der Waals surface area contributed by atoms with E-state index in [0.717, 1.165) is 9.35 Å². The Morgan fingerprint density at radius 2 is 2.24 bits per heavy atom. The first-order valence-electron chi connectivity index (χ1n) is 4.87. The maximum absolute atomic E-state index is 12.0. The van der Waals surface area contributed by atoms with E-state index in [1.165, 1.54) is 25.4 Å². The molecule has 1 rings (SSSR count). The van der Waals surface area contributed by atoms with E-state index in [2.05, 4.69) is 20.7 Å². The second-order valence-corrected chi connectivity index (χ2v) is 7.86. The first-order valence-corrected chi connectivity index (χ1v) is 8.26. The molecule has 0 saturated heterocycles. The maximum Gasteiger partial charge on any atom is 0.306 e. The zero-order valence-electron chi connectivity index (χ0n) is 9.47. The molecule has 1 aromatic rings. The Balaban J connectivity index is 2.75. The third-order valence-corrected chi connectivity index (χ3v) is 6.51. The molecular formula is C10H13BrO4S2. The molecule has 0 amide bonds. The average Bonchev–Trinajstić information content (AvgIpc) is 2.63. The summed E-state index contributed by atoms with van der Waals surface area (Å²) in [5.41, 5.74) is 0. The smallest absolute Gasteiger partial charge is 0.306 e. The summed E-state index contributed by atoms with van der Waals surface area (Å²) in [6, 6.07) is 1.81. The molecule has 0 fully saturated rings. The fraction of sp³-hybridized carbons (Fsp3) is 0.500. The van der Waals surface area contributed by atoms with Crippen molar-refractivity contribution in [3.63, 3.8) is 0 Å². The minimum atomic E-state index is -3.33. The van der Waals surface area contributed by atoms with Crippen LogP contribution >= 0.6 is 27.3 Å². The van der Waals surface area contributed by atoms with Crippen LogP contribution < -0.4 is 0 Å². The van der Waals surface area contributed by atoms with Crippen molar-refractivity contribution < 1.29 is 17.9 Å². The normalized spacial score (nSPS) is 13.4. The molecule has 1 aromatic heterocycles. The molecular weight excluding hydrogens is 328 g/mol. The van der Waals surface area contributed by atoms with Crippen LogP contribution in [0.4, 0.5) is 0 Å². The molecule has 0 aliphatic heterocycles. The number of thiophene rings is 1. The lowest BCUT2D eigenvalue weighted by Gasteiger charge is -2.11. The van der Waals surface area contributed by atoms with Crippen LogP contribution in [0.15, 0.2) is 15.9 Å². The largest absolute Gasteiger partial charge is 0.469 e. The van der Waals surface area contributed by atoms with Gasteiger partial charge in [0.15, 0.2) is 9.84 Å². The number of carbonyl (C=O) groups is 1. The second-order valence-electron chi connectivity index (χ2n) is 3.59. The van der Waals surface area contributed by atoms with Crippen molar-refractivity contribution in [1.29, 1.82) is 0 Å². The van der Waals surface area contributed by atoms with Gasteiger partial charge in [-0.2, -0.15) is 0 Å². The molecule has 1 atom stereocenters. The Hall–Kier alpha value is -0.400. The van der Waals surface area contributed by atoms with E-state index >= 15 is 0 Å². The van der Waals surface area contributed by atoms with Gasteiger partial charge in [-0.05, 0) is 34.3 Å². The molecule has 1 unspecified atom stereocenters. The van der Waals surface area contributed by atoms with E-state index in [9.17, 15) is 13.2 Å². The summed E-state index contributed by atoms with van der Waals surface area (Å²) in [7, 11) is -2.08. The van der Waals surface area contributed by atoms with Gasteiger partial charge in [-0.25, -0.2) is 8.42 Å².